The molecule has 38 heteroatoms. The molecule has 12 rings (SSSR count). The van der Waals surface area contributed by atoms with Crippen molar-refractivity contribution in [1.29, 1.82) is 0 Å². The number of hydrogen-bond acceptors (Lipinski definition) is 26. The second-order valence-electron chi connectivity index (χ2n) is 32.8. The number of cyclic esters (lactones) is 6. The zero-order chi connectivity index (χ0) is 106. The number of epoxide rings is 6. The minimum absolute atomic E-state index is 0.0227. The zero-order valence-electron chi connectivity index (χ0n) is 82.4. The van der Waals surface area contributed by atoms with E-state index >= 15 is 0 Å². The van der Waals surface area contributed by atoms with Crippen molar-refractivity contribution in [1.82, 2.24) is 0 Å². The van der Waals surface area contributed by atoms with Gasteiger partial charge in [0.1, 0.15) is 75.3 Å². The van der Waals surface area contributed by atoms with Crippen LogP contribution in [0.3, 0.4) is 0 Å². The molecule has 0 aromatic carbocycles. The number of allylic oxidation sites excluding steroid dienone is 2. The van der Waals surface area contributed by atoms with Crippen LogP contribution in [0.5, 0.6) is 0 Å². The second-order valence-corrected chi connectivity index (χ2v) is 32.8. The topological polar surface area (TPSA) is 458 Å². The predicted molar refractivity (Wildman–Crippen MR) is 484 cm³/mol. The summed E-state index contributed by atoms with van der Waals surface area (Å²) in [6.45, 7) is 63.5. The van der Waals surface area contributed by atoms with Crippen molar-refractivity contribution in [2.45, 2.75) is 424 Å². The van der Waals surface area contributed by atoms with Gasteiger partial charge in [-0.3, -0.25) is 38.4 Å². The van der Waals surface area contributed by atoms with Crippen LogP contribution in [0.1, 0.15) is 338 Å². The van der Waals surface area contributed by atoms with Crippen molar-refractivity contribution in [3.63, 3.8) is 0 Å². The predicted octanol–water partition coefficient (Wildman–Crippen LogP) is 19.7. The molecule has 0 aromatic heterocycles. The van der Waals surface area contributed by atoms with Crippen LogP contribution >= 0.6 is 0 Å². The van der Waals surface area contributed by atoms with Crippen molar-refractivity contribution in [3.8, 4) is 0 Å². The number of halogens is 6. The number of alkyl halides is 6. The van der Waals surface area contributed by atoms with E-state index in [0.717, 1.165) is 97.2 Å². The summed E-state index contributed by atoms with van der Waals surface area (Å²) in [6, 6.07) is 0. The van der Waals surface area contributed by atoms with Gasteiger partial charge in [0.15, 0.2) is 0 Å². The molecular weight excluding hydrogens is 1830 g/mol. The molecule has 12 heterocycles. The van der Waals surface area contributed by atoms with Crippen LogP contribution in [0.4, 0.5) is 26.3 Å². The fraction of sp³-hybridized carbons (Fsp3) is 0.760. The molecule has 0 saturated carbocycles. The van der Waals surface area contributed by atoms with Gasteiger partial charge in [-0.15, -0.1) is 13.2 Å². The van der Waals surface area contributed by atoms with E-state index in [9.17, 15) is 74.3 Å². The summed E-state index contributed by atoms with van der Waals surface area (Å²) in [5.74, 6) is -1.92. The van der Waals surface area contributed by atoms with E-state index in [-0.39, 0.29) is 135 Å². The van der Waals surface area contributed by atoms with Crippen molar-refractivity contribution >= 4 is 59.7 Å². The fourth-order valence-corrected chi connectivity index (χ4v) is 11.3. The summed E-state index contributed by atoms with van der Waals surface area (Å²) >= 11 is 0. The van der Waals surface area contributed by atoms with Crippen molar-refractivity contribution in [3.05, 3.63) is 89.5 Å². The molecule has 0 aromatic rings. The number of carbonyl (C=O) groups excluding carboxylic acids is 10. The van der Waals surface area contributed by atoms with Crippen molar-refractivity contribution in [2.75, 3.05) is 66.1 Å². The molecule has 12 saturated heterocycles. The molecule has 12 aliphatic heterocycles. The first-order chi connectivity index (χ1) is 66.2. The third-order valence-electron chi connectivity index (χ3n) is 19.7. The maximum absolute atomic E-state index is 11.7. The first-order valence-corrected chi connectivity index (χ1v) is 47.6. The van der Waals surface area contributed by atoms with Crippen LogP contribution in [0.2, 0.25) is 0 Å². The number of rotatable bonds is 50. The van der Waals surface area contributed by atoms with E-state index in [1.165, 1.54) is 122 Å². The Morgan fingerprint density at radius 3 is 0.696 bits per heavy atom. The van der Waals surface area contributed by atoms with Crippen LogP contribution in [-0.4, -0.2) is 211 Å². The molecule has 32 nitrogen and oxygen atoms in total. The van der Waals surface area contributed by atoms with Gasteiger partial charge in [0.2, 0.25) is 0 Å². The Hall–Kier alpha value is -8.56. The van der Waals surface area contributed by atoms with Crippen molar-refractivity contribution in [2.24, 2.45) is 0 Å². The Morgan fingerprint density at radius 1 is 0.304 bits per heavy atom. The summed E-state index contributed by atoms with van der Waals surface area (Å²) in [5.41, 5.74) is 0.779. The summed E-state index contributed by atoms with van der Waals surface area (Å²) in [6.07, 6.45) is 38.1. The molecule has 788 valence electrons. The van der Waals surface area contributed by atoms with E-state index in [4.69, 9.17) is 89.5 Å². The minimum atomic E-state index is -4.06. The Balaban J connectivity index is -0.000000341. The Kier molecular flexibility index (Phi) is 97.4. The summed E-state index contributed by atoms with van der Waals surface area (Å²) in [4.78, 5) is 105. The SMILES string of the molecule is C=C(C)C(=O)OCC1CC(=O)O1.C=C(C)C(=O)OCC1CO1.C=CCCCCC1CC(=O)O1.C=CCCCCC1CO1.CCCC(=O)OCC1CC(=O)O1.CCCC(=O)OCC1CO1.CCCCCC1CC(=O)O1.CCCCCC1CO1.CCCCCCC1CC(=O)O1.CCCCCCC1CO1.FC(F)(F)CCCCC1CO1.O=C1CC(CCCCC(F)(F)F)O1.[C-]#[O+].[C-]#[O+].[C-]#[O+].[C-]#[O+].[C-]#[O+].[C-]#[O+]. The molecule has 12 unspecified atom stereocenters. The van der Waals surface area contributed by atoms with Gasteiger partial charge >= 0.3 is 140 Å². The van der Waals surface area contributed by atoms with Gasteiger partial charge in [-0.1, -0.05) is 157 Å². The number of esters is 10. The Morgan fingerprint density at radius 2 is 0.493 bits per heavy atom. The van der Waals surface area contributed by atoms with Crippen LogP contribution in [0, 0.1) is 39.9 Å². The fourth-order valence-electron chi connectivity index (χ4n) is 11.3. The number of hydrogen-bond donors (Lipinski definition) is 0. The third kappa shape index (κ3) is 102. The summed E-state index contributed by atoms with van der Waals surface area (Å²) in [5, 5.41) is 0. The van der Waals surface area contributed by atoms with Gasteiger partial charge in [0.05, 0.1) is 103 Å². The number of carbonyl (C=O) groups is 10. The monoisotopic (exact) mass is 1980 g/mol. The van der Waals surface area contributed by atoms with Gasteiger partial charge in [-0.2, -0.15) is 26.3 Å². The van der Waals surface area contributed by atoms with E-state index < -0.39 is 31.2 Å². The molecule has 0 bridgehead atoms. The van der Waals surface area contributed by atoms with E-state index in [2.05, 4.69) is 108 Å². The van der Waals surface area contributed by atoms with E-state index in [1.807, 2.05) is 26.0 Å². The number of unbranched alkanes of at least 4 members (excludes halogenated alkanes) is 16. The molecule has 0 radical (unpaired) electrons. The standard InChI is InChI=1S/C9H16O2.C9H14O2.C8H11F3O2.C8H10O4.C8H12O4.C8H14O2.C8H16O.C8H14O.C7H11F3O.C7H10O3.C7H12O3.C7H14O.6CO/c2*1-2-3-4-5-6-8-7-9(10)11-8;9-8(10,11)4-2-1-3-6-5-7(12)13-6;1-5(2)8(10)11-4-6-3-7(9)12-6;1-2-3-7(9)11-5-6-4-8(10)12-6;1-2-3-4-5-7-6-8(9)10-7;2*1-2-3-4-5-6-8-7-9-8;8-7(9,10)4-2-1-3-6-5-11-6;1-5(2)7(8)10-4-6-3-9-6;1-2-3-7(8)10-5-6-4-9-6;1-2-3-4-5-7-6-8-7;6*1-2/h8H,2-7H2,1H3;2,8H,1,3-7H2;6H,1-5H2;6H,1,3-4H2,2H3;6H,2-5H2,1H3;7H,2-6H2,1H3;8H,2-7H2,1H3;2,8H,1,3-7H2;6H,1-5H2;6H,1,3-4H2,2H3;6H,2-5H2,1H3;7H,2-6H2,1H3;;;;;;. The van der Waals surface area contributed by atoms with E-state index in [1.54, 1.807) is 13.8 Å². The van der Waals surface area contributed by atoms with Gasteiger partial charge < -0.3 is 75.8 Å². The molecular formula is C100H154F6O32. The molecule has 12 fully saturated rings. The van der Waals surface area contributed by atoms with E-state index in [0.29, 0.717) is 120 Å². The van der Waals surface area contributed by atoms with Gasteiger partial charge in [0.25, 0.3) is 0 Å². The van der Waals surface area contributed by atoms with Crippen LogP contribution in [0.15, 0.2) is 49.6 Å². The van der Waals surface area contributed by atoms with Gasteiger partial charge in [0, 0.05) is 36.8 Å². The quantitative estimate of drug-likeness (QED) is 0.00628. The molecule has 0 N–H and O–H groups in total. The summed E-state index contributed by atoms with van der Waals surface area (Å²) in [7, 11) is 0. The Bertz CT molecular complexity index is 3240. The molecule has 138 heavy (non-hydrogen) atoms. The zero-order valence-corrected chi connectivity index (χ0v) is 82.4. The molecule has 0 spiro atoms. The second kappa shape index (κ2) is 96.0. The maximum atomic E-state index is 11.7. The molecule has 0 aliphatic carbocycles. The normalized spacial score (nSPS) is 20.9. The van der Waals surface area contributed by atoms with Gasteiger partial charge in [-0.05, 0) is 142 Å². The van der Waals surface area contributed by atoms with Gasteiger partial charge in [-0.25, -0.2) is 9.59 Å². The summed E-state index contributed by atoms with van der Waals surface area (Å²) < 4.78 is 192. The third-order valence-corrected chi connectivity index (χ3v) is 19.7. The molecule has 12 aliphatic rings. The average Bonchev–Trinajstić information content (AvgIpc) is 1.76. The van der Waals surface area contributed by atoms with Crippen LogP contribution in [0.25, 0.3) is 0 Å². The van der Waals surface area contributed by atoms with Crippen LogP contribution < -0.4 is 0 Å². The molecule has 12 atom stereocenters. The van der Waals surface area contributed by atoms with Crippen molar-refractivity contribution < 1.29 is 178 Å². The Labute approximate surface area is 813 Å². The van der Waals surface area contributed by atoms with Crippen LogP contribution in [-0.2, 0) is 152 Å². The molecule has 0 amide bonds. The average molecular weight is 1980 g/mol. The first kappa shape index (κ1) is 140. The first-order valence-electron chi connectivity index (χ1n) is 47.6. The number of ether oxygens (including phenoxy) is 16.